The highest BCUT2D eigenvalue weighted by molar-refractivity contribution is 5.72. The Hall–Kier alpha value is -1.39. The Morgan fingerprint density at radius 2 is 2.05 bits per heavy atom. The number of benzene rings is 1. The molecule has 2 atom stereocenters. The fourth-order valence-corrected chi connectivity index (χ4v) is 1.99. The maximum atomic E-state index is 12.0. The Morgan fingerprint density at radius 1 is 1.38 bits per heavy atom. The zero-order valence-electron chi connectivity index (χ0n) is 13.3. The summed E-state index contributed by atoms with van der Waals surface area (Å²) in [5, 5.41) is 12.5. The summed E-state index contributed by atoms with van der Waals surface area (Å²) in [6, 6.07) is 9.66. The molecule has 0 aliphatic rings. The van der Waals surface area contributed by atoms with Gasteiger partial charge in [-0.3, -0.25) is 4.79 Å². The van der Waals surface area contributed by atoms with Crippen molar-refractivity contribution in [2.75, 3.05) is 13.2 Å². The monoisotopic (exact) mass is 293 g/mol. The highest BCUT2D eigenvalue weighted by atomic mass is 16.5. The molecular formula is C17H27NO3. The molecule has 0 heterocycles. The topological polar surface area (TPSA) is 58.6 Å². The molecule has 2 unspecified atom stereocenters. The fourth-order valence-electron chi connectivity index (χ4n) is 1.99. The SMILES string of the molecule is CCC(C)(CCO)NCC(C)C(=O)OCc1ccccc1. The molecule has 1 rings (SSSR count). The Morgan fingerprint density at radius 3 is 2.62 bits per heavy atom. The molecule has 1 aromatic rings. The molecule has 0 aliphatic carbocycles. The zero-order chi connectivity index (χ0) is 15.7. The molecule has 118 valence electrons. The zero-order valence-corrected chi connectivity index (χ0v) is 13.3. The van der Waals surface area contributed by atoms with Crippen LogP contribution >= 0.6 is 0 Å². The summed E-state index contributed by atoms with van der Waals surface area (Å²) in [5.41, 5.74) is 0.854. The van der Waals surface area contributed by atoms with Crippen LogP contribution in [0.1, 0.15) is 39.2 Å². The molecule has 0 aliphatic heterocycles. The quantitative estimate of drug-likeness (QED) is 0.687. The molecular weight excluding hydrogens is 266 g/mol. The third kappa shape index (κ3) is 6.27. The first-order valence-electron chi connectivity index (χ1n) is 7.57. The second kappa shape index (κ2) is 8.80. The van der Waals surface area contributed by atoms with Gasteiger partial charge in [-0.2, -0.15) is 0 Å². The number of hydrogen-bond acceptors (Lipinski definition) is 4. The maximum Gasteiger partial charge on any atom is 0.310 e. The van der Waals surface area contributed by atoms with Gasteiger partial charge in [0.05, 0.1) is 5.92 Å². The largest absolute Gasteiger partial charge is 0.461 e. The van der Waals surface area contributed by atoms with Crippen LogP contribution in [-0.4, -0.2) is 29.8 Å². The van der Waals surface area contributed by atoms with Crippen molar-refractivity contribution in [2.24, 2.45) is 5.92 Å². The van der Waals surface area contributed by atoms with Gasteiger partial charge in [-0.05, 0) is 25.3 Å². The molecule has 4 heteroatoms. The van der Waals surface area contributed by atoms with E-state index in [1.54, 1.807) is 0 Å². The van der Waals surface area contributed by atoms with Gasteiger partial charge < -0.3 is 15.2 Å². The van der Waals surface area contributed by atoms with E-state index in [4.69, 9.17) is 9.84 Å². The van der Waals surface area contributed by atoms with Gasteiger partial charge in [0.25, 0.3) is 0 Å². The van der Waals surface area contributed by atoms with Crippen molar-refractivity contribution in [1.29, 1.82) is 0 Å². The van der Waals surface area contributed by atoms with Gasteiger partial charge in [0, 0.05) is 18.7 Å². The van der Waals surface area contributed by atoms with E-state index < -0.39 is 0 Å². The van der Waals surface area contributed by atoms with E-state index in [9.17, 15) is 4.79 Å². The van der Waals surface area contributed by atoms with Gasteiger partial charge in [0.1, 0.15) is 6.61 Å². The van der Waals surface area contributed by atoms with E-state index in [0.29, 0.717) is 19.6 Å². The van der Waals surface area contributed by atoms with Crippen LogP contribution in [0.25, 0.3) is 0 Å². The molecule has 1 aromatic carbocycles. The Balaban J connectivity index is 2.37. The van der Waals surface area contributed by atoms with E-state index in [1.807, 2.05) is 37.3 Å². The van der Waals surface area contributed by atoms with Gasteiger partial charge in [0.2, 0.25) is 0 Å². The van der Waals surface area contributed by atoms with Crippen molar-refractivity contribution in [3.8, 4) is 0 Å². The Labute approximate surface area is 127 Å². The molecule has 2 N–H and O–H groups in total. The van der Waals surface area contributed by atoms with Crippen LogP contribution in [0.3, 0.4) is 0 Å². The lowest BCUT2D eigenvalue weighted by Crippen LogP contribution is -2.45. The minimum atomic E-state index is -0.210. The lowest BCUT2D eigenvalue weighted by atomic mass is 9.94. The number of rotatable bonds is 9. The van der Waals surface area contributed by atoms with Crippen LogP contribution in [0.4, 0.5) is 0 Å². The van der Waals surface area contributed by atoms with Crippen molar-refractivity contribution >= 4 is 5.97 Å². The first-order chi connectivity index (χ1) is 10.0. The highest BCUT2D eigenvalue weighted by Crippen LogP contribution is 2.14. The molecule has 0 saturated carbocycles. The number of ether oxygens (including phenoxy) is 1. The molecule has 0 aromatic heterocycles. The van der Waals surface area contributed by atoms with Gasteiger partial charge in [-0.15, -0.1) is 0 Å². The normalized spacial score (nSPS) is 15.2. The summed E-state index contributed by atoms with van der Waals surface area (Å²) in [4.78, 5) is 12.0. The van der Waals surface area contributed by atoms with Gasteiger partial charge in [-0.1, -0.05) is 44.2 Å². The molecule has 4 nitrogen and oxygen atoms in total. The van der Waals surface area contributed by atoms with Crippen LogP contribution in [0.15, 0.2) is 30.3 Å². The number of carbonyl (C=O) groups excluding carboxylic acids is 1. The summed E-state index contributed by atoms with van der Waals surface area (Å²) in [5.74, 6) is -0.410. The van der Waals surface area contributed by atoms with Gasteiger partial charge >= 0.3 is 5.97 Å². The lowest BCUT2D eigenvalue weighted by Gasteiger charge is -2.30. The summed E-state index contributed by atoms with van der Waals surface area (Å²) >= 11 is 0. The van der Waals surface area contributed by atoms with E-state index in [2.05, 4.69) is 19.2 Å². The average molecular weight is 293 g/mol. The molecule has 21 heavy (non-hydrogen) atoms. The number of aliphatic hydroxyl groups is 1. The lowest BCUT2D eigenvalue weighted by molar-refractivity contribution is -0.149. The van der Waals surface area contributed by atoms with Crippen LogP contribution in [0.2, 0.25) is 0 Å². The maximum absolute atomic E-state index is 12.0. The summed E-state index contributed by atoms with van der Waals surface area (Å²) in [6.07, 6.45) is 1.58. The van der Waals surface area contributed by atoms with Crippen LogP contribution in [-0.2, 0) is 16.1 Å². The smallest absolute Gasteiger partial charge is 0.310 e. The molecule has 0 saturated heterocycles. The highest BCUT2D eigenvalue weighted by Gasteiger charge is 2.23. The molecule has 0 bridgehead atoms. The third-order valence-electron chi connectivity index (χ3n) is 3.91. The standard InChI is InChI=1S/C17H27NO3/c1-4-17(3,10-11-19)18-12-14(2)16(20)21-13-15-8-6-5-7-9-15/h5-9,14,18-19H,4,10-13H2,1-3H3. The van der Waals surface area contributed by atoms with E-state index in [-0.39, 0.29) is 24.0 Å². The number of hydrogen-bond donors (Lipinski definition) is 2. The number of nitrogens with one attached hydrogen (secondary N) is 1. The van der Waals surface area contributed by atoms with E-state index in [0.717, 1.165) is 12.0 Å². The van der Waals surface area contributed by atoms with Crippen molar-refractivity contribution in [2.45, 2.75) is 45.8 Å². The number of esters is 1. The van der Waals surface area contributed by atoms with Crippen molar-refractivity contribution in [3.05, 3.63) is 35.9 Å². The van der Waals surface area contributed by atoms with Crippen molar-refractivity contribution in [1.82, 2.24) is 5.32 Å². The molecule has 0 amide bonds. The first kappa shape index (κ1) is 17.7. The Kier molecular flexibility index (Phi) is 7.40. The minimum Gasteiger partial charge on any atom is -0.461 e. The summed E-state index contributed by atoms with van der Waals surface area (Å²) in [6.45, 7) is 7.00. The number of carbonyl (C=O) groups is 1. The average Bonchev–Trinajstić information content (AvgIpc) is 2.51. The van der Waals surface area contributed by atoms with Crippen molar-refractivity contribution < 1.29 is 14.6 Å². The summed E-state index contributed by atoms with van der Waals surface area (Å²) in [7, 11) is 0. The van der Waals surface area contributed by atoms with E-state index >= 15 is 0 Å². The molecule has 0 radical (unpaired) electrons. The second-order valence-electron chi connectivity index (χ2n) is 5.76. The van der Waals surface area contributed by atoms with Gasteiger partial charge in [-0.25, -0.2) is 0 Å². The third-order valence-corrected chi connectivity index (χ3v) is 3.91. The van der Waals surface area contributed by atoms with Gasteiger partial charge in [0.15, 0.2) is 0 Å². The van der Waals surface area contributed by atoms with Crippen LogP contribution in [0, 0.1) is 5.92 Å². The number of aliphatic hydroxyl groups excluding tert-OH is 1. The predicted molar refractivity (Wildman–Crippen MR) is 83.8 cm³/mol. The first-order valence-corrected chi connectivity index (χ1v) is 7.57. The van der Waals surface area contributed by atoms with Crippen LogP contribution in [0.5, 0.6) is 0 Å². The fraction of sp³-hybridized carbons (Fsp3) is 0.588. The molecule has 0 spiro atoms. The van der Waals surface area contributed by atoms with E-state index in [1.165, 1.54) is 0 Å². The van der Waals surface area contributed by atoms with Crippen molar-refractivity contribution in [3.63, 3.8) is 0 Å². The predicted octanol–water partition coefficient (Wildman–Crippen LogP) is 2.51. The molecule has 0 fully saturated rings. The Bertz CT molecular complexity index is 421. The van der Waals surface area contributed by atoms with Crippen LogP contribution < -0.4 is 5.32 Å². The summed E-state index contributed by atoms with van der Waals surface area (Å²) < 4.78 is 5.32. The second-order valence-corrected chi connectivity index (χ2v) is 5.76. The minimum absolute atomic E-state index is 0.136.